The lowest BCUT2D eigenvalue weighted by Gasteiger charge is -2.15. The van der Waals surface area contributed by atoms with Crippen LogP contribution in [0, 0.1) is 6.92 Å². The SMILES string of the molecule is Cc1ccc(C(C)NCc2cc(Cl)ccc2Br)cc1. The largest absolute Gasteiger partial charge is 0.306 e. The summed E-state index contributed by atoms with van der Waals surface area (Å²) in [4.78, 5) is 0. The zero-order chi connectivity index (χ0) is 13.8. The predicted molar refractivity (Wildman–Crippen MR) is 85.6 cm³/mol. The van der Waals surface area contributed by atoms with Crippen molar-refractivity contribution < 1.29 is 0 Å². The van der Waals surface area contributed by atoms with Crippen LogP contribution in [0.1, 0.15) is 29.7 Å². The summed E-state index contributed by atoms with van der Waals surface area (Å²) >= 11 is 9.57. The van der Waals surface area contributed by atoms with Gasteiger partial charge in [0.2, 0.25) is 0 Å². The van der Waals surface area contributed by atoms with Gasteiger partial charge >= 0.3 is 0 Å². The van der Waals surface area contributed by atoms with Gasteiger partial charge in [-0.25, -0.2) is 0 Å². The lowest BCUT2D eigenvalue weighted by atomic mass is 10.1. The predicted octanol–water partition coefficient (Wildman–Crippen LogP) is 5.26. The van der Waals surface area contributed by atoms with Crippen molar-refractivity contribution in [2.45, 2.75) is 26.4 Å². The highest BCUT2D eigenvalue weighted by molar-refractivity contribution is 9.10. The monoisotopic (exact) mass is 337 g/mol. The Bertz CT molecular complexity index is 551. The van der Waals surface area contributed by atoms with Crippen LogP contribution >= 0.6 is 27.5 Å². The highest BCUT2D eigenvalue weighted by Gasteiger charge is 2.06. The normalized spacial score (nSPS) is 12.4. The minimum absolute atomic E-state index is 0.312. The van der Waals surface area contributed by atoms with Crippen molar-refractivity contribution in [1.82, 2.24) is 5.32 Å². The van der Waals surface area contributed by atoms with Crippen LogP contribution < -0.4 is 5.32 Å². The number of nitrogens with one attached hydrogen (secondary N) is 1. The van der Waals surface area contributed by atoms with Crippen molar-refractivity contribution in [2.24, 2.45) is 0 Å². The average molecular weight is 339 g/mol. The number of hydrogen-bond donors (Lipinski definition) is 1. The molecule has 2 aromatic carbocycles. The Balaban J connectivity index is 2.02. The van der Waals surface area contributed by atoms with Crippen LogP contribution in [0.4, 0.5) is 0 Å². The van der Waals surface area contributed by atoms with E-state index in [1.165, 1.54) is 16.7 Å². The van der Waals surface area contributed by atoms with Crippen LogP contribution in [-0.4, -0.2) is 0 Å². The molecular weight excluding hydrogens is 322 g/mol. The van der Waals surface area contributed by atoms with E-state index in [-0.39, 0.29) is 0 Å². The van der Waals surface area contributed by atoms with Gasteiger partial charge in [0.05, 0.1) is 0 Å². The van der Waals surface area contributed by atoms with Gasteiger partial charge in [-0.15, -0.1) is 0 Å². The Morgan fingerprint density at radius 3 is 2.53 bits per heavy atom. The van der Waals surface area contributed by atoms with Crippen LogP contribution in [0.25, 0.3) is 0 Å². The maximum Gasteiger partial charge on any atom is 0.0410 e. The summed E-state index contributed by atoms with van der Waals surface area (Å²) in [6.07, 6.45) is 0. The number of rotatable bonds is 4. The van der Waals surface area contributed by atoms with E-state index < -0.39 is 0 Å². The molecule has 0 spiro atoms. The van der Waals surface area contributed by atoms with Crippen molar-refractivity contribution in [3.05, 3.63) is 68.7 Å². The molecule has 100 valence electrons. The fraction of sp³-hybridized carbons (Fsp3) is 0.250. The summed E-state index contributed by atoms with van der Waals surface area (Å²) in [5, 5.41) is 4.28. The summed E-state index contributed by atoms with van der Waals surface area (Å²) in [5.41, 5.74) is 3.75. The first-order valence-electron chi connectivity index (χ1n) is 6.30. The van der Waals surface area contributed by atoms with Gasteiger partial charge in [0.25, 0.3) is 0 Å². The van der Waals surface area contributed by atoms with E-state index in [9.17, 15) is 0 Å². The van der Waals surface area contributed by atoms with Gasteiger partial charge in [-0.2, -0.15) is 0 Å². The molecule has 2 aromatic rings. The molecule has 1 unspecified atom stereocenters. The lowest BCUT2D eigenvalue weighted by Crippen LogP contribution is -2.18. The zero-order valence-electron chi connectivity index (χ0n) is 11.1. The Morgan fingerprint density at radius 2 is 1.84 bits per heavy atom. The van der Waals surface area contributed by atoms with Gasteiger partial charge in [-0.3, -0.25) is 0 Å². The highest BCUT2D eigenvalue weighted by atomic mass is 79.9. The van der Waals surface area contributed by atoms with E-state index in [0.29, 0.717) is 6.04 Å². The van der Waals surface area contributed by atoms with Gasteiger partial charge in [0.1, 0.15) is 0 Å². The minimum Gasteiger partial charge on any atom is -0.306 e. The van der Waals surface area contributed by atoms with Crippen LogP contribution in [0.2, 0.25) is 5.02 Å². The molecule has 1 atom stereocenters. The second kappa shape index (κ2) is 6.56. The zero-order valence-corrected chi connectivity index (χ0v) is 13.4. The first kappa shape index (κ1) is 14.6. The Labute approximate surface area is 128 Å². The molecule has 0 heterocycles. The molecule has 1 nitrogen and oxygen atoms in total. The Morgan fingerprint density at radius 1 is 1.16 bits per heavy atom. The molecule has 0 saturated carbocycles. The van der Waals surface area contributed by atoms with Crippen molar-refractivity contribution in [2.75, 3.05) is 0 Å². The summed E-state index contributed by atoms with van der Waals surface area (Å²) in [5.74, 6) is 0. The van der Waals surface area contributed by atoms with E-state index >= 15 is 0 Å². The molecule has 3 heteroatoms. The van der Waals surface area contributed by atoms with Gasteiger partial charge in [0, 0.05) is 22.1 Å². The average Bonchev–Trinajstić information content (AvgIpc) is 2.40. The molecule has 0 aliphatic rings. The number of aryl methyl sites for hydroxylation is 1. The maximum atomic E-state index is 6.02. The van der Waals surface area contributed by atoms with Crippen molar-refractivity contribution >= 4 is 27.5 Å². The van der Waals surface area contributed by atoms with Gasteiger partial charge in [-0.1, -0.05) is 57.4 Å². The summed E-state index contributed by atoms with van der Waals surface area (Å²) in [6, 6.07) is 14.8. The van der Waals surface area contributed by atoms with E-state index in [0.717, 1.165) is 16.0 Å². The number of hydrogen-bond acceptors (Lipinski definition) is 1. The molecule has 0 fully saturated rings. The van der Waals surface area contributed by atoms with E-state index in [2.05, 4.69) is 59.4 Å². The van der Waals surface area contributed by atoms with Crippen LogP contribution in [0.5, 0.6) is 0 Å². The number of halogens is 2. The van der Waals surface area contributed by atoms with Gasteiger partial charge in [-0.05, 0) is 43.2 Å². The third-order valence-electron chi connectivity index (χ3n) is 3.18. The molecular formula is C16H17BrClN. The van der Waals surface area contributed by atoms with E-state index in [1.807, 2.05) is 18.2 Å². The van der Waals surface area contributed by atoms with Gasteiger partial charge in [0.15, 0.2) is 0 Å². The third kappa shape index (κ3) is 4.07. The molecule has 0 radical (unpaired) electrons. The molecule has 0 aliphatic heterocycles. The first-order chi connectivity index (χ1) is 9.06. The van der Waals surface area contributed by atoms with Gasteiger partial charge < -0.3 is 5.32 Å². The Hall–Kier alpha value is -0.830. The quantitative estimate of drug-likeness (QED) is 0.801. The fourth-order valence-corrected chi connectivity index (χ4v) is 2.50. The topological polar surface area (TPSA) is 12.0 Å². The number of benzene rings is 2. The van der Waals surface area contributed by atoms with Crippen LogP contribution in [-0.2, 0) is 6.54 Å². The molecule has 0 aliphatic carbocycles. The first-order valence-corrected chi connectivity index (χ1v) is 7.47. The van der Waals surface area contributed by atoms with E-state index in [4.69, 9.17) is 11.6 Å². The highest BCUT2D eigenvalue weighted by Crippen LogP contribution is 2.22. The van der Waals surface area contributed by atoms with Crippen LogP contribution in [0.15, 0.2) is 46.9 Å². The summed E-state index contributed by atoms with van der Waals surface area (Å²) in [7, 11) is 0. The van der Waals surface area contributed by atoms with E-state index in [1.54, 1.807) is 0 Å². The Kier molecular flexibility index (Phi) is 5.03. The van der Waals surface area contributed by atoms with Crippen molar-refractivity contribution in [3.63, 3.8) is 0 Å². The van der Waals surface area contributed by atoms with Crippen molar-refractivity contribution in [3.8, 4) is 0 Å². The molecule has 0 aromatic heterocycles. The van der Waals surface area contributed by atoms with Crippen molar-refractivity contribution in [1.29, 1.82) is 0 Å². The smallest absolute Gasteiger partial charge is 0.0410 e. The van der Waals surface area contributed by atoms with Crippen LogP contribution in [0.3, 0.4) is 0 Å². The molecule has 0 saturated heterocycles. The molecule has 19 heavy (non-hydrogen) atoms. The molecule has 2 rings (SSSR count). The standard InChI is InChI=1S/C16H17BrClN/c1-11-3-5-13(6-4-11)12(2)19-10-14-9-15(18)7-8-16(14)17/h3-9,12,19H,10H2,1-2H3. The fourth-order valence-electron chi connectivity index (χ4n) is 1.91. The second-order valence-corrected chi connectivity index (χ2v) is 6.04. The minimum atomic E-state index is 0.312. The lowest BCUT2D eigenvalue weighted by molar-refractivity contribution is 0.573. The molecule has 1 N–H and O–H groups in total. The molecule has 0 amide bonds. The summed E-state index contributed by atoms with van der Waals surface area (Å²) in [6.45, 7) is 5.06. The summed E-state index contributed by atoms with van der Waals surface area (Å²) < 4.78 is 1.08. The molecule has 0 bridgehead atoms. The second-order valence-electron chi connectivity index (χ2n) is 4.75. The maximum absolute atomic E-state index is 6.02. The third-order valence-corrected chi connectivity index (χ3v) is 4.19.